The van der Waals surface area contributed by atoms with Crippen LogP contribution in [0, 0.1) is 0 Å². The van der Waals surface area contributed by atoms with Crippen LogP contribution in [0.2, 0.25) is 0 Å². The summed E-state index contributed by atoms with van der Waals surface area (Å²) < 4.78 is 5.46. The maximum Gasteiger partial charge on any atom is 0.0543 e. The second-order valence-electron chi connectivity index (χ2n) is 2.40. The van der Waals surface area contributed by atoms with Gasteiger partial charge in [0.05, 0.1) is 6.10 Å². The first-order valence-corrected chi connectivity index (χ1v) is 4.47. The summed E-state index contributed by atoms with van der Waals surface area (Å²) in [5.41, 5.74) is 0.518. The SMILES string of the molecule is CCC(C)OC(C)[SiH3]. The lowest BCUT2D eigenvalue weighted by atomic mass is 10.3. The van der Waals surface area contributed by atoms with Gasteiger partial charge in [-0.2, -0.15) is 0 Å². The van der Waals surface area contributed by atoms with Crippen LogP contribution in [0.15, 0.2) is 0 Å². The van der Waals surface area contributed by atoms with Crippen LogP contribution in [-0.4, -0.2) is 22.1 Å². The standard InChI is InChI=1S/C6H16OSi/c1-4-5(2)7-6(3)8/h5-6H,4H2,1-3,8H3. The summed E-state index contributed by atoms with van der Waals surface area (Å²) in [5.74, 6) is 0. The van der Waals surface area contributed by atoms with Crippen LogP contribution in [-0.2, 0) is 4.74 Å². The van der Waals surface area contributed by atoms with Gasteiger partial charge in [0.25, 0.3) is 0 Å². The first-order chi connectivity index (χ1) is 3.66. The molecule has 0 aliphatic carbocycles. The maximum absolute atomic E-state index is 5.46. The second-order valence-corrected chi connectivity index (χ2v) is 4.03. The zero-order valence-corrected chi connectivity index (χ0v) is 8.27. The average molecular weight is 132 g/mol. The molecule has 0 amide bonds. The summed E-state index contributed by atoms with van der Waals surface area (Å²) >= 11 is 0. The van der Waals surface area contributed by atoms with E-state index in [1.54, 1.807) is 0 Å². The van der Waals surface area contributed by atoms with Gasteiger partial charge in [0, 0.05) is 16.0 Å². The van der Waals surface area contributed by atoms with Crippen molar-refractivity contribution >= 4 is 10.2 Å². The van der Waals surface area contributed by atoms with Crippen molar-refractivity contribution in [2.24, 2.45) is 0 Å². The lowest BCUT2D eigenvalue weighted by molar-refractivity contribution is 0.0498. The molecular weight excluding hydrogens is 116 g/mol. The van der Waals surface area contributed by atoms with Crippen LogP contribution in [0.1, 0.15) is 27.2 Å². The van der Waals surface area contributed by atoms with Crippen molar-refractivity contribution in [3.05, 3.63) is 0 Å². The summed E-state index contributed by atoms with van der Waals surface area (Å²) in [6, 6.07) is 0. The van der Waals surface area contributed by atoms with E-state index in [1.165, 1.54) is 0 Å². The molecule has 2 heteroatoms. The van der Waals surface area contributed by atoms with E-state index in [-0.39, 0.29) is 0 Å². The van der Waals surface area contributed by atoms with Gasteiger partial charge in [-0.25, -0.2) is 0 Å². The number of hydrogen-bond donors (Lipinski definition) is 0. The van der Waals surface area contributed by atoms with E-state index < -0.39 is 0 Å². The van der Waals surface area contributed by atoms with Crippen molar-refractivity contribution in [3.63, 3.8) is 0 Å². The van der Waals surface area contributed by atoms with Crippen molar-refractivity contribution in [1.29, 1.82) is 0 Å². The minimum atomic E-state index is 0.461. The minimum Gasteiger partial charge on any atom is -0.380 e. The summed E-state index contributed by atoms with van der Waals surface area (Å²) in [6.45, 7) is 6.39. The Kier molecular flexibility index (Phi) is 4.19. The van der Waals surface area contributed by atoms with E-state index in [9.17, 15) is 0 Å². The number of rotatable bonds is 3. The molecule has 50 valence electrons. The van der Waals surface area contributed by atoms with Gasteiger partial charge >= 0.3 is 0 Å². The zero-order chi connectivity index (χ0) is 6.57. The molecule has 0 aliphatic rings. The highest BCUT2D eigenvalue weighted by Gasteiger charge is 1.98. The lowest BCUT2D eigenvalue weighted by Gasteiger charge is -2.12. The molecule has 2 unspecified atom stereocenters. The molecule has 1 nitrogen and oxygen atoms in total. The maximum atomic E-state index is 5.46. The molecule has 0 saturated carbocycles. The largest absolute Gasteiger partial charge is 0.380 e. The van der Waals surface area contributed by atoms with Crippen LogP contribution in [0.3, 0.4) is 0 Å². The second kappa shape index (κ2) is 4.10. The third kappa shape index (κ3) is 4.34. The van der Waals surface area contributed by atoms with E-state index >= 15 is 0 Å². The molecule has 0 fully saturated rings. The van der Waals surface area contributed by atoms with E-state index in [4.69, 9.17) is 4.74 Å². The Morgan fingerprint density at radius 2 is 2.00 bits per heavy atom. The third-order valence-electron chi connectivity index (χ3n) is 1.08. The Labute approximate surface area is 54.8 Å². The van der Waals surface area contributed by atoms with Crippen molar-refractivity contribution in [3.8, 4) is 0 Å². The van der Waals surface area contributed by atoms with Crippen molar-refractivity contribution in [2.45, 2.75) is 39.0 Å². The Morgan fingerprint density at radius 3 is 2.12 bits per heavy atom. The molecular formula is C6H16OSi. The lowest BCUT2D eigenvalue weighted by Crippen LogP contribution is -2.15. The van der Waals surface area contributed by atoms with E-state index in [0.29, 0.717) is 11.8 Å². The first kappa shape index (κ1) is 8.18. The Morgan fingerprint density at radius 1 is 1.50 bits per heavy atom. The van der Waals surface area contributed by atoms with Crippen LogP contribution in [0.4, 0.5) is 0 Å². The van der Waals surface area contributed by atoms with E-state index in [1.807, 2.05) is 0 Å². The van der Waals surface area contributed by atoms with Gasteiger partial charge < -0.3 is 4.74 Å². The monoisotopic (exact) mass is 132 g/mol. The normalized spacial score (nSPS) is 18.4. The molecule has 2 atom stereocenters. The molecule has 0 bridgehead atoms. The number of hydrogen-bond acceptors (Lipinski definition) is 1. The summed E-state index contributed by atoms with van der Waals surface area (Å²) in [7, 11) is 1.15. The third-order valence-corrected chi connectivity index (χ3v) is 1.35. The minimum absolute atomic E-state index is 0.461. The summed E-state index contributed by atoms with van der Waals surface area (Å²) in [4.78, 5) is 0. The fourth-order valence-electron chi connectivity index (χ4n) is 0.561. The molecule has 0 N–H and O–H groups in total. The van der Waals surface area contributed by atoms with Gasteiger partial charge in [-0.1, -0.05) is 6.92 Å². The van der Waals surface area contributed by atoms with Gasteiger partial charge in [-0.05, 0) is 20.3 Å². The van der Waals surface area contributed by atoms with E-state index in [2.05, 4.69) is 20.8 Å². The molecule has 0 aliphatic heterocycles. The predicted octanol–water partition coefficient (Wildman–Crippen LogP) is 0.513. The summed E-state index contributed by atoms with van der Waals surface area (Å²) in [5, 5.41) is 0. The van der Waals surface area contributed by atoms with Crippen LogP contribution in [0.25, 0.3) is 0 Å². The topological polar surface area (TPSA) is 9.23 Å². The molecule has 0 aromatic heterocycles. The first-order valence-electron chi connectivity index (χ1n) is 3.32. The van der Waals surface area contributed by atoms with Gasteiger partial charge in [0.2, 0.25) is 0 Å². The smallest absolute Gasteiger partial charge is 0.0543 e. The Bertz CT molecular complexity index is 54.5. The van der Waals surface area contributed by atoms with Gasteiger partial charge in [-0.15, -0.1) is 0 Å². The molecule has 0 spiro atoms. The van der Waals surface area contributed by atoms with Crippen molar-refractivity contribution < 1.29 is 4.74 Å². The quantitative estimate of drug-likeness (QED) is 0.509. The molecule has 0 saturated heterocycles. The van der Waals surface area contributed by atoms with Gasteiger partial charge in [0.15, 0.2) is 0 Å². The average Bonchev–Trinajstić information content (AvgIpc) is 1.65. The van der Waals surface area contributed by atoms with Crippen LogP contribution >= 0.6 is 0 Å². The van der Waals surface area contributed by atoms with Gasteiger partial charge in [0.1, 0.15) is 0 Å². The highest BCUT2D eigenvalue weighted by atomic mass is 28.1. The number of ether oxygens (including phenoxy) is 1. The molecule has 0 rings (SSSR count). The molecule has 0 aromatic carbocycles. The van der Waals surface area contributed by atoms with Crippen LogP contribution < -0.4 is 0 Å². The fraction of sp³-hybridized carbons (Fsp3) is 1.00. The van der Waals surface area contributed by atoms with Crippen molar-refractivity contribution in [2.75, 3.05) is 0 Å². The Hall–Kier alpha value is 0.177. The van der Waals surface area contributed by atoms with Gasteiger partial charge in [-0.3, -0.25) is 0 Å². The van der Waals surface area contributed by atoms with Crippen molar-refractivity contribution in [1.82, 2.24) is 0 Å². The fourth-order valence-corrected chi connectivity index (χ4v) is 1.03. The highest BCUT2D eigenvalue weighted by molar-refractivity contribution is 6.10. The molecule has 0 radical (unpaired) electrons. The molecule has 0 heterocycles. The summed E-state index contributed by atoms with van der Waals surface area (Å²) in [6.07, 6.45) is 1.59. The predicted molar refractivity (Wildman–Crippen MR) is 40.2 cm³/mol. The Balaban J connectivity index is 3.10. The van der Waals surface area contributed by atoms with Crippen LogP contribution in [0.5, 0.6) is 0 Å². The zero-order valence-electron chi connectivity index (χ0n) is 6.27. The molecule has 0 aromatic rings. The highest BCUT2D eigenvalue weighted by Crippen LogP contribution is 1.97. The molecule has 8 heavy (non-hydrogen) atoms. The van der Waals surface area contributed by atoms with E-state index in [0.717, 1.165) is 16.7 Å².